The van der Waals surface area contributed by atoms with Gasteiger partial charge in [-0.3, -0.25) is 4.79 Å². The first kappa shape index (κ1) is 15.9. The van der Waals surface area contributed by atoms with Gasteiger partial charge >= 0.3 is 0 Å². The lowest BCUT2D eigenvalue weighted by Crippen LogP contribution is -2.22. The maximum atomic E-state index is 13.4. The maximum Gasteiger partial charge on any atom is 0.262 e. The lowest BCUT2D eigenvalue weighted by Gasteiger charge is -2.14. The lowest BCUT2D eigenvalue weighted by molar-refractivity contribution is -0.118. The van der Waals surface area contributed by atoms with Gasteiger partial charge in [0.25, 0.3) is 5.91 Å². The second-order valence-corrected chi connectivity index (χ2v) is 5.13. The van der Waals surface area contributed by atoms with Crippen LogP contribution in [0.15, 0.2) is 42.5 Å². The zero-order valence-corrected chi connectivity index (χ0v) is 12.4. The number of hydrogen-bond donors (Lipinski definition) is 1. The van der Waals surface area contributed by atoms with Crippen LogP contribution in [0.4, 0.5) is 14.5 Å². The van der Waals surface area contributed by atoms with Crippen LogP contribution >= 0.6 is 0 Å². The minimum Gasteiger partial charge on any atom is -0.483 e. The Morgan fingerprint density at radius 1 is 1.09 bits per heavy atom. The van der Waals surface area contributed by atoms with Crippen molar-refractivity contribution in [2.75, 3.05) is 11.9 Å². The van der Waals surface area contributed by atoms with Gasteiger partial charge in [-0.1, -0.05) is 38.1 Å². The molecule has 1 amide bonds. The highest BCUT2D eigenvalue weighted by atomic mass is 19.1. The largest absolute Gasteiger partial charge is 0.483 e. The van der Waals surface area contributed by atoms with Crippen LogP contribution in [0, 0.1) is 11.6 Å². The Bertz CT molecular complexity index is 651. The zero-order chi connectivity index (χ0) is 16.1. The first-order chi connectivity index (χ1) is 10.5. The zero-order valence-electron chi connectivity index (χ0n) is 12.4. The van der Waals surface area contributed by atoms with E-state index in [1.807, 2.05) is 26.0 Å². The Hall–Kier alpha value is -2.43. The van der Waals surface area contributed by atoms with Crippen LogP contribution in [-0.4, -0.2) is 12.5 Å². The van der Waals surface area contributed by atoms with E-state index < -0.39 is 23.2 Å². The van der Waals surface area contributed by atoms with Gasteiger partial charge in [0.15, 0.2) is 6.61 Å². The number of para-hydroxylation sites is 2. The van der Waals surface area contributed by atoms with Gasteiger partial charge in [0.1, 0.15) is 23.1 Å². The first-order valence-corrected chi connectivity index (χ1v) is 6.94. The topological polar surface area (TPSA) is 38.3 Å². The van der Waals surface area contributed by atoms with Crippen molar-refractivity contribution in [3.63, 3.8) is 0 Å². The number of halogens is 2. The minimum absolute atomic E-state index is 0.239. The van der Waals surface area contributed by atoms with Crippen LogP contribution in [-0.2, 0) is 4.79 Å². The molecule has 0 saturated carbocycles. The number of carbonyl (C=O) groups is 1. The van der Waals surface area contributed by atoms with Gasteiger partial charge in [0.05, 0.1) is 0 Å². The highest BCUT2D eigenvalue weighted by Crippen LogP contribution is 2.26. The Balaban J connectivity index is 2.02. The highest BCUT2D eigenvalue weighted by molar-refractivity contribution is 5.92. The van der Waals surface area contributed by atoms with Gasteiger partial charge in [-0.25, -0.2) is 8.78 Å². The second kappa shape index (κ2) is 7.02. The summed E-state index contributed by atoms with van der Waals surface area (Å²) in [5.41, 5.74) is 0.501. The SMILES string of the molecule is CC(C)c1ccccc1OCC(=O)Nc1c(F)cccc1F. The maximum absolute atomic E-state index is 13.4. The van der Waals surface area contributed by atoms with Crippen molar-refractivity contribution in [1.29, 1.82) is 0 Å². The summed E-state index contributed by atoms with van der Waals surface area (Å²) < 4.78 is 32.4. The van der Waals surface area contributed by atoms with Crippen molar-refractivity contribution in [2.45, 2.75) is 19.8 Å². The molecule has 2 aromatic carbocycles. The summed E-state index contributed by atoms with van der Waals surface area (Å²) in [6.07, 6.45) is 0. The normalized spacial score (nSPS) is 10.6. The molecule has 2 aromatic rings. The number of hydrogen-bond acceptors (Lipinski definition) is 2. The molecule has 0 radical (unpaired) electrons. The van der Waals surface area contributed by atoms with Gasteiger partial charge in [-0.15, -0.1) is 0 Å². The van der Waals surface area contributed by atoms with Gasteiger partial charge in [-0.2, -0.15) is 0 Å². The standard InChI is InChI=1S/C17H17F2NO2/c1-11(2)12-6-3-4-9-15(12)22-10-16(21)20-17-13(18)7-5-8-14(17)19/h3-9,11H,10H2,1-2H3,(H,20,21). The van der Waals surface area contributed by atoms with E-state index in [-0.39, 0.29) is 12.5 Å². The smallest absolute Gasteiger partial charge is 0.262 e. The molecule has 0 saturated heterocycles. The molecule has 5 heteroatoms. The van der Waals surface area contributed by atoms with Crippen LogP contribution in [0.3, 0.4) is 0 Å². The van der Waals surface area contributed by atoms with Crippen LogP contribution in [0.25, 0.3) is 0 Å². The molecule has 0 spiro atoms. The number of carbonyl (C=O) groups excluding carboxylic acids is 1. The Kier molecular flexibility index (Phi) is 5.09. The molecule has 0 aliphatic carbocycles. The van der Waals surface area contributed by atoms with Crippen LogP contribution < -0.4 is 10.1 Å². The van der Waals surface area contributed by atoms with E-state index >= 15 is 0 Å². The summed E-state index contributed by atoms with van der Waals surface area (Å²) in [5, 5.41) is 2.18. The first-order valence-electron chi connectivity index (χ1n) is 6.94. The number of ether oxygens (including phenoxy) is 1. The molecule has 0 unspecified atom stereocenters. The summed E-state index contributed by atoms with van der Waals surface area (Å²) in [6.45, 7) is 3.70. The predicted molar refractivity (Wildman–Crippen MR) is 81.0 cm³/mol. The molecule has 0 heterocycles. The molecule has 0 aliphatic heterocycles. The Morgan fingerprint density at radius 2 is 1.73 bits per heavy atom. The number of nitrogens with one attached hydrogen (secondary N) is 1. The molecule has 0 bridgehead atoms. The van der Waals surface area contributed by atoms with Crippen molar-refractivity contribution in [1.82, 2.24) is 0 Å². The molecule has 0 aromatic heterocycles. The number of rotatable bonds is 5. The number of anilines is 1. The number of amides is 1. The average molecular weight is 305 g/mol. The highest BCUT2D eigenvalue weighted by Gasteiger charge is 2.13. The third-order valence-electron chi connectivity index (χ3n) is 3.13. The second-order valence-electron chi connectivity index (χ2n) is 5.13. The Labute approximate surface area is 127 Å². The molecule has 0 aliphatic rings. The molecule has 2 rings (SSSR count). The van der Waals surface area contributed by atoms with E-state index in [4.69, 9.17) is 4.74 Å². The summed E-state index contributed by atoms with van der Waals surface area (Å²) in [5.74, 6) is -1.45. The van der Waals surface area contributed by atoms with E-state index in [0.29, 0.717) is 5.75 Å². The summed E-state index contributed by atoms with van der Waals surface area (Å²) in [4.78, 5) is 11.8. The minimum atomic E-state index is -0.823. The fraction of sp³-hybridized carbons (Fsp3) is 0.235. The van der Waals surface area contributed by atoms with Crippen molar-refractivity contribution in [3.8, 4) is 5.75 Å². The quantitative estimate of drug-likeness (QED) is 0.903. The Morgan fingerprint density at radius 3 is 2.36 bits per heavy atom. The van der Waals surface area contributed by atoms with E-state index in [9.17, 15) is 13.6 Å². The van der Waals surface area contributed by atoms with Gasteiger partial charge in [0, 0.05) is 0 Å². The van der Waals surface area contributed by atoms with Crippen molar-refractivity contribution >= 4 is 11.6 Å². The monoisotopic (exact) mass is 305 g/mol. The fourth-order valence-corrected chi connectivity index (χ4v) is 2.02. The molecule has 3 nitrogen and oxygen atoms in total. The van der Waals surface area contributed by atoms with Gasteiger partial charge < -0.3 is 10.1 Å². The van der Waals surface area contributed by atoms with Crippen LogP contribution in [0.1, 0.15) is 25.3 Å². The average Bonchev–Trinajstić information content (AvgIpc) is 2.49. The molecular formula is C17H17F2NO2. The molecule has 1 N–H and O–H groups in total. The van der Waals surface area contributed by atoms with Gasteiger partial charge in [0.2, 0.25) is 0 Å². The number of benzene rings is 2. The fourth-order valence-electron chi connectivity index (χ4n) is 2.02. The van der Waals surface area contributed by atoms with Crippen molar-refractivity contribution in [3.05, 3.63) is 59.7 Å². The molecule has 116 valence electrons. The van der Waals surface area contributed by atoms with E-state index in [2.05, 4.69) is 5.32 Å². The van der Waals surface area contributed by atoms with Crippen molar-refractivity contribution < 1.29 is 18.3 Å². The van der Waals surface area contributed by atoms with E-state index in [1.54, 1.807) is 12.1 Å². The molecule has 0 fully saturated rings. The molecule has 0 atom stereocenters. The van der Waals surface area contributed by atoms with E-state index in [0.717, 1.165) is 17.7 Å². The molecule has 22 heavy (non-hydrogen) atoms. The third kappa shape index (κ3) is 3.81. The lowest BCUT2D eigenvalue weighted by atomic mass is 10.0. The molecular weight excluding hydrogens is 288 g/mol. The van der Waals surface area contributed by atoms with Crippen LogP contribution in [0.5, 0.6) is 5.75 Å². The third-order valence-corrected chi connectivity index (χ3v) is 3.13. The van der Waals surface area contributed by atoms with Gasteiger partial charge in [-0.05, 0) is 29.7 Å². The summed E-state index contributed by atoms with van der Waals surface area (Å²) in [7, 11) is 0. The van der Waals surface area contributed by atoms with Crippen LogP contribution in [0.2, 0.25) is 0 Å². The van der Waals surface area contributed by atoms with E-state index in [1.165, 1.54) is 6.07 Å². The predicted octanol–water partition coefficient (Wildman–Crippen LogP) is 4.11. The summed E-state index contributed by atoms with van der Waals surface area (Å²) >= 11 is 0. The summed E-state index contributed by atoms with van der Waals surface area (Å²) in [6, 6.07) is 10.7. The van der Waals surface area contributed by atoms with Crippen molar-refractivity contribution in [2.24, 2.45) is 0 Å².